The highest BCUT2D eigenvalue weighted by molar-refractivity contribution is 5.76. The number of carbonyl (C=O) groups excluding carboxylic acids is 2. The number of hydrogen-bond donors (Lipinski definition) is 1. The van der Waals surface area contributed by atoms with Gasteiger partial charge in [0.05, 0.1) is 6.10 Å². The summed E-state index contributed by atoms with van der Waals surface area (Å²) >= 11 is 0. The van der Waals surface area contributed by atoms with E-state index in [4.69, 9.17) is 4.74 Å². The monoisotopic (exact) mass is 266 g/mol. The summed E-state index contributed by atoms with van der Waals surface area (Å²) in [5, 5.41) is 2.55. The first kappa shape index (κ1) is 15.4. The average Bonchev–Trinajstić information content (AvgIpc) is 2.83. The molecular formula is C14H22N2O3. The predicted octanol–water partition coefficient (Wildman–Crippen LogP) is 2.06. The second-order valence-corrected chi connectivity index (χ2v) is 4.69. The van der Waals surface area contributed by atoms with E-state index in [0.29, 0.717) is 6.29 Å². The number of amides is 2. The van der Waals surface area contributed by atoms with Gasteiger partial charge < -0.3 is 10.1 Å². The molecule has 1 aliphatic heterocycles. The van der Waals surface area contributed by atoms with E-state index >= 15 is 0 Å². The van der Waals surface area contributed by atoms with Gasteiger partial charge in [0.2, 0.25) is 0 Å². The summed E-state index contributed by atoms with van der Waals surface area (Å²) in [4.78, 5) is 23.8. The molecule has 2 amide bonds. The van der Waals surface area contributed by atoms with Gasteiger partial charge in [-0.1, -0.05) is 19.1 Å². The summed E-state index contributed by atoms with van der Waals surface area (Å²) in [5.41, 5.74) is 0.981. The zero-order valence-electron chi connectivity index (χ0n) is 11.8. The van der Waals surface area contributed by atoms with Crippen LogP contribution in [0.2, 0.25) is 0 Å². The van der Waals surface area contributed by atoms with Crippen LogP contribution in [0.3, 0.4) is 0 Å². The van der Waals surface area contributed by atoms with Crippen LogP contribution in [0.15, 0.2) is 24.4 Å². The van der Waals surface area contributed by atoms with E-state index in [-0.39, 0.29) is 18.1 Å². The van der Waals surface area contributed by atoms with E-state index in [1.807, 2.05) is 13.8 Å². The number of nitrogens with zero attached hydrogens (tertiary/aromatic N) is 1. The van der Waals surface area contributed by atoms with Gasteiger partial charge in [0.1, 0.15) is 12.5 Å². The maximum atomic E-state index is 11.9. The van der Waals surface area contributed by atoms with Gasteiger partial charge in [-0.05, 0) is 25.8 Å². The fraction of sp³-hybridized carbons (Fsp3) is 0.571. The Kier molecular flexibility index (Phi) is 5.76. The topological polar surface area (TPSA) is 58.6 Å². The van der Waals surface area contributed by atoms with Crippen LogP contribution in [0.5, 0.6) is 0 Å². The molecule has 1 saturated heterocycles. The quantitative estimate of drug-likeness (QED) is 0.471. The Morgan fingerprint density at radius 3 is 2.74 bits per heavy atom. The molecule has 5 nitrogen and oxygen atoms in total. The molecular weight excluding hydrogens is 244 g/mol. The van der Waals surface area contributed by atoms with Crippen LogP contribution < -0.4 is 5.32 Å². The molecule has 1 N–H and O–H groups in total. The second kappa shape index (κ2) is 7.09. The molecule has 0 aromatic rings. The third-order valence-corrected chi connectivity index (χ3v) is 3.33. The van der Waals surface area contributed by atoms with Crippen molar-refractivity contribution in [3.8, 4) is 0 Å². The molecule has 1 heterocycles. The van der Waals surface area contributed by atoms with Crippen LogP contribution in [0.1, 0.15) is 26.7 Å². The van der Waals surface area contributed by atoms with Crippen LogP contribution >= 0.6 is 0 Å². The molecule has 0 aromatic heterocycles. The van der Waals surface area contributed by atoms with Gasteiger partial charge in [-0.15, -0.1) is 0 Å². The normalized spacial score (nSPS) is 26.4. The molecule has 1 fully saturated rings. The van der Waals surface area contributed by atoms with Crippen LogP contribution in [0.4, 0.5) is 4.79 Å². The number of nitrogens with one attached hydrogen (secondary N) is 1. The van der Waals surface area contributed by atoms with Crippen molar-refractivity contribution >= 4 is 12.3 Å². The Hall–Kier alpha value is -1.62. The van der Waals surface area contributed by atoms with Gasteiger partial charge in [-0.3, -0.25) is 9.69 Å². The third kappa shape index (κ3) is 3.67. The molecule has 5 heteroatoms. The smallest absolute Gasteiger partial charge is 0.323 e. The van der Waals surface area contributed by atoms with Crippen molar-refractivity contribution in [2.75, 3.05) is 7.05 Å². The van der Waals surface area contributed by atoms with Crippen molar-refractivity contribution in [3.05, 3.63) is 24.4 Å². The lowest BCUT2D eigenvalue weighted by atomic mass is 9.95. The highest BCUT2D eigenvalue weighted by atomic mass is 16.5. The summed E-state index contributed by atoms with van der Waals surface area (Å²) in [6.07, 6.45) is 4.82. The number of allylic oxidation sites excluding steroid dienone is 1. The molecule has 1 rings (SSSR count). The summed E-state index contributed by atoms with van der Waals surface area (Å²) in [6.45, 7) is 7.96. The number of urea groups is 1. The van der Waals surface area contributed by atoms with Gasteiger partial charge in [0, 0.05) is 19.2 Å². The number of ether oxygens (including phenoxy) is 1. The molecule has 0 aliphatic carbocycles. The number of aldehydes is 1. The molecule has 3 atom stereocenters. The first-order valence-electron chi connectivity index (χ1n) is 6.48. The van der Waals surface area contributed by atoms with Gasteiger partial charge in [-0.2, -0.15) is 0 Å². The lowest BCUT2D eigenvalue weighted by Gasteiger charge is -2.29. The molecule has 0 radical (unpaired) electrons. The van der Waals surface area contributed by atoms with E-state index in [0.717, 1.165) is 18.4 Å². The Bertz CT molecular complexity index is 379. The first-order chi connectivity index (χ1) is 9.04. The van der Waals surface area contributed by atoms with Gasteiger partial charge in [-0.25, -0.2) is 4.79 Å². The molecule has 1 aliphatic rings. The van der Waals surface area contributed by atoms with Gasteiger partial charge in [0.15, 0.2) is 0 Å². The summed E-state index contributed by atoms with van der Waals surface area (Å²) < 4.78 is 5.90. The van der Waals surface area contributed by atoms with Crippen molar-refractivity contribution in [2.45, 2.75) is 39.0 Å². The Labute approximate surface area is 114 Å². The summed E-state index contributed by atoms with van der Waals surface area (Å²) in [5.74, 6) is 0.0820. The fourth-order valence-electron chi connectivity index (χ4n) is 2.24. The van der Waals surface area contributed by atoms with Gasteiger partial charge in [0.25, 0.3) is 0 Å². The van der Waals surface area contributed by atoms with Crippen molar-refractivity contribution < 1.29 is 14.3 Å². The number of hydrogen-bond acceptors (Lipinski definition) is 3. The van der Waals surface area contributed by atoms with Crippen LogP contribution in [-0.2, 0) is 9.53 Å². The molecule has 0 aromatic carbocycles. The summed E-state index contributed by atoms with van der Waals surface area (Å²) in [7, 11) is 1.55. The van der Waals surface area contributed by atoms with Gasteiger partial charge >= 0.3 is 6.03 Å². The van der Waals surface area contributed by atoms with E-state index in [1.165, 1.54) is 17.2 Å². The minimum absolute atomic E-state index is 0.0820. The third-order valence-electron chi connectivity index (χ3n) is 3.33. The zero-order valence-corrected chi connectivity index (χ0v) is 11.8. The van der Waals surface area contributed by atoms with E-state index < -0.39 is 6.23 Å². The van der Waals surface area contributed by atoms with E-state index in [1.54, 1.807) is 7.05 Å². The number of carbonyl (C=O) groups is 2. The SMILES string of the molecule is C=C(C)C1CC(CC)OC1N(/C=C\C=O)C(=O)NC. The van der Waals surface area contributed by atoms with Crippen molar-refractivity contribution in [1.29, 1.82) is 0 Å². The first-order valence-corrected chi connectivity index (χ1v) is 6.48. The molecule has 0 saturated carbocycles. The van der Waals surface area contributed by atoms with Crippen LogP contribution in [-0.4, -0.2) is 36.6 Å². The molecule has 19 heavy (non-hydrogen) atoms. The van der Waals surface area contributed by atoms with Crippen LogP contribution in [0.25, 0.3) is 0 Å². The maximum absolute atomic E-state index is 11.9. The second-order valence-electron chi connectivity index (χ2n) is 4.69. The van der Waals surface area contributed by atoms with E-state index in [9.17, 15) is 9.59 Å². The number of rotatable bonds is 5. The lowest BCUT2D eigenvalue weighted by Crippen LogP contribution is -2.44. The highest BCUT2D eigenvalue weighted by Crippen LogP contribution is 2.34. The Morgan fingerprint density at radius 2 is 2.26 bits per heavy atom. The largest absolute Gasteiger partial charge is 0.354 e. The zero-order chi connectivity index (χ0) is 14.4. The van der Waals surface area contributed by atoms with Crippen LogP contribution in [0, 0.1) is 5.92 Å². The average molecular weight is 266 g/mol. The highest BCUT2D eigenvalue weighted by Gasteiger charge is 2.39. The minimum Gasteiger partial charge on any atom is -0.354 e. The van der Waals surface area contributed by atoms with Crippen molar-refractivity contribution in [1.82, 2.24) is 10.2 Å². The Balaban J connectivity index is 2.97. The fourth-order valence-corrected chi connectivity index (χ4v) is 2.24. The molecule has 0 bridgehead atoms. The van der Waals surface area contributed by atoms with Crippen molar-refractivity contribution in [3.63, 3.8) is 0 Å². The summed E-state index contributed by atoms with van der Waals surface area (Å²) in [6, 6.07) is -0.300. The van der Waals surface area contributed by atoms with Crippen molar-refractivity contribution in [2.24, 2.45) is 5.92 Å². The Morgan fingerprint density at radius 1 is 1.58 bits per heavy atom. The molecule has 106 valence electrons. The standard InChI is InChI=1S/C14H22N2O3/c1-5-11-9-12(10(2)3)13(19-11)16(7-6-8-17)14(18)15-4/h6-8,11-13H,2,5,9H2,1,3-4H3,(H,15,18)/b7-6-. The maximum Gasteiger partial charge on any atom is 0.323 e. The molecule has 0 spiro atoms. The predicted molar refractivity (Wildman–Crippen MR) is 73.4 cm³/mol. The minimum atomic E-state index is -0.404. The molecule has 3 unspecified atom stereocenters. The van der Waals surface area contributed by atoms with E-state index in [2.05, 4.69) is 11.9 Å². The lowest BCUT2D eigenvalue weighted by molar-refractivity contribution is -0.104.